The van der Waals surface area contributed by atoms with Gasteiger partial charge in [-0.15, -0.1) is 0 Å². The van der Waals surface area contributed by atoms with Crippen LogP contribution in [-0.2, 0) is 0 Å². The van der Waals surface area contributed by atoms with Crippen LogP contribution in [-0.4, -0.2) is 29.6 Å². The Morgan fingerprint density at radius 2 is 1.54 bits per heavy atom. The zero-order chi connectivity index (χ0) is 17.4. The first kappa shape index (κ1) is 17.7. The Labute approximate surface area is 141 Å². The van der Waals surface area contributed by atoms with E-state index in [1.807, 2.05) is 37.3 Å². The summed E-state index contributed by atoms with van der Waals surface area (Å²) >= 11 is 0. The molecule has 0 aromatic heterocycles. The van der Waals surface area contributed by atoms with Crippen LogP contribution in [0.2, 0.25) is 0 Å². The maximum Gasteiger partial charge on any atom is 0.255 e. The van der Waals surface area contributed by atoms with Crippen molar-refractivity contribution < 1.29 is 14.7 Å². The number of carbonyl (C=O) groups is 2. The Morgan fingerprint density at radius 3 is 2.08 bits per heavy atom. The lowest BCUT2D eigenvalue weighted by Crippen LogP contribution is -2.35. The molecule has 5 heteroatoms. The van der Waals surface area contributed by atoms with Gasteiger partial charge < -0.3 is 15.7 Å². The number of hydrogen-bond donors (Lipinski definition) is 3. The Bertz CT molecular complexity index is 669. The van der Waals surface area contributed by atoms with Crippen LogP contribution in [0.4, 0.5) is 5.69 Å². The second-order valence-corrected chi connectivity index (χ2v) is 5.49. The topological polar surface area (TPSA) is 78.4 Å². The number of rotatable bonds is 7. The molecule has 1 unspecified atom stereocenters. The van der Waals surface area contributed by atoms with Gasteiger partial charge in [-0.25, -0.2) is 0 Å². The molecular weight excluding hydrogens is 304 g/mol. The summed E-state index contributed by atoms with van der Waals surface area (Å²) in [4.78, 5) is 24.3. The Kier molecular flexibility index (Phi) is 6.51. The lowest BCUT2D eigenvalue weighted by Gasteiger charge is -2.15. The van der Waals surface area contributed by atoms with Gasteiger partial charge in [-0.1, -0.05) is 25.1 Å². The SMILES string of the molecule is CCC(CCO)NC(=O)c1ccc(C(=O)Nc2ccccc2)cc1. The largest absolute Gasteiger partial charge is 0.396 e. The van der Waals surface area contributed by atoms with Crippen LogP contribution in [0.25, 0.3) is 0 Å². The highest BCUT2D eigenvalue weighted by Gasteiger charge is 2.13. The van der Waals surface area contributed by atoms with Gasteiger partial charge in [0.2, 0.25) is 0 Å². The third-order valence-corrected chi connectivity index (χ3v) is 3.75. The number of amides is 2. The van der Waals surface area contributed by atoms with E-state index in [-0.39, 0.29) is 24.5 Å². The number of nitrogens with one attached hydrogen (secondary N) is 2. The summed E-state index contributed by atoms with van der Waals surface area (Å²) in [5.74, 6) is -0.426. The van der Waals surface area contributed by atoms with Crippen molar-refractivity contribution >= 4 is 17.5 Å². The molecule has 2 aromatic carbocycles. The fourth-order valence-electron chi connectivity index (χ4n) is 2.30. The van der Waals surface area contributed by atoms with E-state index in [0.717, 1.165) is 12.1 Å². The van der Waals surface area contributed by atoms with Gasteiger partial charge in [-0.3, -0.25) is 9.59 Å². The third-order valence-electron chi connectivity index (χ3n) is 3.75. The highest BCUT2D eigenvalue weighted by molar-refractivity contribution is 6.05. The molecule has 1 atom stereocenters. The average molecular weight is 326 g/mol. The first-order valence-electron chi connectivity index (χ1n) is 8.02. The van der Waals surface area contributed by atoms with Gasteiger partial charge in [0.05, 0.1) is 0 Å². The van der Waals surface area contributed by atoms with Gasteiger partial charge >= 0.3 is 0 Å². The lowest BCUT2D eigenvalue weighted by molar-refractivity contribution is 0.0927. The summed E-state index contributed by atoms with van der Waals surface area (Å²) in [6.07, 6.45) is 1.28. The Hall–Kier alpha value is -2.66. The second kappa shape index (κ2) is 8.84. The van der Waals surface area contributed by atoms with Crippen LogP contribution in [0.3, 0.4) is 0 Å². The molecule has 0 aliphatic heterocycles. The van der Waals surface area contributed by atoms with E-state index in [0.29, 0.717) is 17.5 Å². The van der Waals surface area contributed by atoms with Crippen LogP contribution in [0.1, 0.15) is 40.5 Å². The summed E-state index contributed by atoms with van der Waals surface area (Å²) in [5, 5.41) is 14.6. The molecule has 0 heterocycles. The summed E-state index contributed by atoms with van der Waals surface area (Å²) in [7, 11) is 0. The number of hydrogen-bond acceptors (Lipinski definition) is 3. The van der Waals surface area contributed by atoms with Crippen LogP contribution in [0.5, 0.6) is 0 Å². The predicted octanol–water partition coefficient (Wildman–Crippen LogP) is 2.83. The summed E-state index contributed by atoms with van der Waals surface area (Å²) in [6.45, 7) is 2.00. The zero-order valence-corrected chi connectivity index (χ0v) is 13.7. The highest BCUT2D eigenvalue weighted by Crippen LogP contribution is 2.10. The van der Waals surface area contributed by atoms with Crippen molar-refractivity contribution in [3.8, 4) is 0 Å². The minimum Gasteiger partial charge on any atom is -0.396 e. The minimum absolute atomic E-state index is 0.0391. The van der Waals surface area contributed by atoms with E-state index < -0.39 is 0 Å². The van der Waals surface area contributed by atoms with Crippen molar-refractivity contribution in [1.29, 1.82) is 0 Å². The molecular formula is C19H22N2O3. The molecule has 0 spiro atoms. The molecule has 0 saturated heterocycles. The number of carbonyl (C=O) groups excluding carboxylic acids is 2. The molecule has 0 fully saturated rings. The Morgan fingerprint density at radius 1 is 0.958 bits per heavy atom. The first-order chi connectivity index (χ1) is 11.6. The molecule has 24 heavy (non-hydrogen) atoms. The molecule has 5 nitrogen and oxygen atoms in total. The molecule has 2 amide bonds. The van der Waals surface area contributed by atoms with E-state index in [9.17, 15) is 9.59 Å². The van der Waals surface area contributed by atoms with Crippen molar-refractivity contribution in [3.05, 3.63) is 65.7 Å². The molecule has 3 N–H and O–H groups in total. The minimum atomic E-state index is -0.222. The molecule has 2 rings (SSSR count). The van der Waals surface area contributed by atoms with Crippen molar-refractivity contribution in [2.45, 2.75) is 25.8 Å². The highest BCUT2D eigenvalue weighted by atomic mass is 16.3. The third kappa shape index (κ3) is 4.93. The van der Waals surface area contributed by atoms with Crippen molar-refractivity contribution in [1.82, 2.24) is 5.32 Å². The normalized spacial score (nSPS) is 11.6. The quantitative estimate of drug-likeness (QED) is 0.732. The van der Waals surface area contributed by atoms with Gasteiger partial charge in [-0.05, 0) is 49.2 Å². The van der Waals surface area contributed by atoms with Crippen LogP contribution in [0, 0.1) is 0 Å². The number of aliphatic hydroxyl groups is 1. The van der Waals surface area contributed by atoms with E-state index in [1.54, 1.807) is 24.3 Å². The number of anilines is 1. The van der Waals surface area contributed by atoms with Gasteiger partial charge in [0.1, 0.15) is 0 Å². The molecule has 0 saturated carbocycles. The average Bonchev–Trinajstić information content (AvgIpc) is 2.62. The van der Waals surface area contributed by atoms with Crippen LogP contribution < -0.4 is 10.6 Å². The smallest absolute Gasteiger partial charge is 0.255 e. The first-order valence-corrected chi connectivity index (χ1v) is 8.02. The van der Waals surface area contributed by atoms with Gasteiger partial charge in [0, 0.05) is 29.5 Å². The van der Waals surface area contributed by atoms with Crippen LogP contribution >= 0.6 is 0 Å². The standard InChI is InChI=1S/C19H22N2O3/c1-2-16(12-13-22)20-18(23)14-8-10-15(11-9-14)19(24)21-17-6-4-3-5-7-17/h3-11,16,22H,2,12-13H2,1H3,(H,20,23)(H,21,24). The summed E-state index contributed by atoms with van der Waals surface area (Å²) in [5.41, 5.74) is 1.69. The molecule has 0 aliphatic carbocycles. The van der Waals surface area contributed by atoms with Crippen molar-refractivity contribution in [2.24, 2.45) is 0 Å². The Balaban J connectivity index is 1.99. The maximum absolute atomic E-state index is 12.2. The predicted molar refractivity (Wildman–Crippen MR) is 94.1 cm³/mol. The van der Waals surface area contributed by atoms with Crippen molar-refractivity contribution in [3.63, 3.8) is 0 Å². The lowest BCUT2D eigenvalue weighted by atomic mass is 10.1. The van der Waals surface area contributed by atoms with Gasteiger partial charge in [0.25, 0.3) is 11.8 Å². The fraction of sp³-hybridized carbons (Fsp3) is 0.263. The monoisotopic (exact) mass is 326 g/mol. The van der Waals surface area contributed by atoms with E-state index >= 15 is 0 Å². The van der Waals surface area contributed by atoms with Crippen LogP contribution in [0.15, 0.2) is 54.6 Å². The molecule has 0 radical (unpaired) electrons. The van der Waals surface area contributed by atoms with E-state index in [1.165, 1.54) is 0 Å². The molecule has 126 valence electrons. The van der Waals surface area contributed by atoms with E-state index in [2.05, 4.69) is 10.6 Å². The number of benzene rings is 2. The zero-order valence-electron chi connectivity index (χ0n) is 13.7. The summed E-state index contributed by atoms with van der Waals surface area (Å²) in [6, 6.07) is 15.6. The van der Waals surface area contributed by atoms with Gasteiger partial charge in [-0.2, -0.15) is 0 Å². The maximum atomic E-state index is 12.2. The molecule has 2 aromatic rings. The summed E-state index contributed by atoms with van der Waals surface area (Å²) < 4.78 is 0. The van der Waals surface area contributed by atoms with Gasteiger partial charge in [0.15, 0.2) is 0 Å². The fourth-order valence-corrected chi connectivity index (χ4v) is 2.30. The molecule has 0 bridgehead atoms. The van der Waals surface area contributed by atoms with Crippen molar-refractivity contribution in [2.75, 3.05) is 11.9 Å². The number of para-hydroxylation sites is 1. The second-order valence-electron chi connectivity index (χ2n) is 5.49. The molecule has 0 aliphatic rings. The number of aliphatic hydroxyl groups excluding tert-OH is 1. The van der Waals surface area contributed by atoms with E-state index in [4.69, 9.17) is 5.11 Å².